The number of fused-ring (bicyclic) bond motifs is 1. The van der Waals surface area contributed by atoms with Crippen molar-refractivity contribution in [3.63, 3.8) is 0 Å². The van der Waals surface area contributed by atoms with Crippen LogP contribution in [-0.2, 0) is 16.1 Å². The molecule has 0 aliphatic carbocycles. The average Bonchev–Trinajstić information content (AvgIpc) is 3.23. The van der Waals surface area contributed by atoms with Gasteiger partial charge in [0, 0.05) is 17.5 Å². The van der Waals surface area contributed by atoms with Crippen molar-refractivity contribution in [1.29, 1.82) is 0 Å². The summed E-state index contributed by atoms with van der Waals surface area (Å²) < 4.78 is 6.76. The summed E-state index contributed by atoms with van der Waals surface area (Å²) >= 11 is 7.45. The molecule has 28 heavy (non-hydrogen) atoms. The van der Waals surface area contributed by atoms with E-state index in [-0.39, 0.29) is 0 Å². The molecule has 0 atom stereocenters. The number of carbonyl (C=O) groups excluding carboxylic acids is 3. The van der Waals surface area contributed by atoms with Gasteiger partial charge >= 0.3 is 12.0 Å². The minimum Gasteiger partial charge on any atom is -0.451 e. The van der Waals surface area contributed by atoms with E-state index in [0.717, 1.165) is 21.5 Å². The summed E-state index contributed by atoms with van der Waals surface area (Å²) in [5.41, 5.74) is 1.69. The fourth-order valence-corrected chi connectivity index (χ4v) is 3.79. The van der Waals surface area contributed by atoms with Crippen LogP contribution in [0, 0.1) is 6.92 Å². The van der Waals surface area contributed by atoms with E-state index in [0.29, 0.717) is 16.4 Å². The van der Waals surface area contributed by atoms with Gasteiger partial charge in [-0.15, -0.1) is 11.3 Å². The van der Waals surface area contributed by atoms with Crippen LogP contribution in [0.1, 0.15) is 20.9 Å². The molecule has 0 saturated carbocycles. The lowest BCUT2D eigenvalue weighted by Gasteiger charge is -2.05. The molecule has 3 amide bonds. The molecular formula is C18H17ClN4O4S. The summed E-state index contributed by atoms with van der Waals surface area (Å²) in [6.45, 7) is 1.77. The van der Waals surface area contributed by atoms with Crippen LogP contribution in [0.25, 0.3) is 10.2 Å². The van der Waals surface area contributed by atoms with Crippen molar-refractivity contribution in [3.05, 3.63) is 51.5 Å². The maximum absolute atomic E-state index is 12.3. The number of hydrogen-bond donors (Lipinski definition) is 2. The first-order valence-corrected chi connectivity index (χ1v) is 9.47. The van der Waals surface area contributed by atoms with E-state index in [9.17, 15) is 14.4 Å². The molecule has 2 heterocycles. The highest BCUT2D eigenvalue weighted by Crippen LogP contribution is 2.30. The quantitative estimate of drug-likeness (QED) is 0.618. The Labute approximate surface area is 169 Å². The van der Waals surface area contributed by atoms with Crippen LogP contribution in [0.15, 0.2) is 30.3 Å². The fourth-order valence-electron chi connectivity index (χ4n) is 2.54. The number of rotatable bonds is 5. The monoisotopic (exact) mass is 420 g/mol. The van der Waals surface area contributed by atoms with E-state index >= 15 is 0 Å². The van der Waals surface area contributed by atoms with Gasteiger partial charge in [-0.05, 0) is 24.6 Å². The van der Waals surface area contributed by atoms with Gasteiger partial charge in [0.2, 0.25) is 0 Å². The first-order chi connectivity index (χ1) is 13.4. The third kappa shape index (κ3) is 4.32. The molecular weight excluding hydrogens is 404 g/mol. The fraction of sp³-hybridized carbons (Fsp3) is 0.222. The maximum Gasteiger partial charge on any atom is 0.348 e. The number of carbonyl (C=O) groups is 3. The van der Waals surface area contributed by atoms with Gasteiger partial charge < -0.3 is 10.1 Å². The minimum absolute atomic E-state index is 0.344. The lowest BCUT2D eigenvalue weighted by molar-refractivity contribution is -0.123. The van der Waals surface area contributed by atoms with Gasteiger partial charge in [0.25, 0.3) is 5.91 Å². The molecule has 0 saturated heterocycles. The minimum atomic E-state index is -0.713. The number of ether oxygens (including phenoxy) is 1. The predicted octanol–water partition coefficient (Wildman–Crippen LogP) is 2.72. The Morgan fingerprint density at radius 1 is 1.29 bits per heavy atom. The molecule has 10 heteroatoms. The summed E-state index contributed by atoms with van der Waals surface area (Å²) in [7, 11) is 1.38. The zero-order valence-electron chi connectivity index (χ0n) is 15.1. The van der Waals surface area contributed by atoms with E-state index < -0.39 is 24.5 Å². The Kier molecular flexibility index (Phi) is 5.96. The lowest BCUT2D eigenvalue weighted by atomic mass is 10.2. The highest BCUT2D eigenvalue weighted by atomic mass is 35.5. The van der Waals surface area contributed by atoms with Gasteiger partial charge in [-0.2, -0.15) is 5.10 Å². The summed E-state index contributed by atoms with van der Waals surface area (Å²) in [6.07, 6.45) is 0. The predicted molar refractivity (Wildman–Crippen MR) is 106 cm³/mol. The number of thiophene rings is 1. The molecule has 2 N–H and O–H groups in total. The van der Waals surface area contributed by atoms with Gasteiger partial charge in [-0.25, -0.2) is 9.59 Å². The molecule has 2 aromatic heterocycles. The van der Waals surface area contributed by atoms with Crippen LogP contribution in [0.4, 0.5) is 4.79 Å². The normalized spacial score (nSPS) is 10.7. The molecule has 0 radical (unpaired) electrons. The van der Waals surface area contributed by atoms with E-state index in [4.69, 9.17) is 16.3 Å². The second-order valence-corrected chi connectivity index (χ2v) is 7.31. The average molecular weight is 421 g/mol. The summed E-state index contributed by atoms with van der Waals surface area (Å²) in [5.74, 6) is -1.35. The third-order valence-corrected chi connectivity index (χ3v) is 5.40. The molecule has 8 nitrogen and oxygen atoms in total. The van der Waals surface area contributed by atoms with Crippen LogP contribution < -0.4 is 10.6 Å². The number of urea groups is 1. The van der Waals surface area contributed by atoms with Crippen molar-refractivity contribution in [1.82, 2.24) is 20.4 Å². The standard InChI is InChI=1S/C18H17ClN4O4S/c1-10-12-7-14(17(25)27-9-15(24)21-18(26)20-2)28-16(12)23(22-10)8-11-5-3-4-6-13(11)19/h3-7H,8-9H2,1-2H3,(H2,20,21,24,26). The number of aromatic nitrogens is 2. The highest BCUT2D eigenvalue weighted by molar-refractivity contribution is 7.20. The third-order valence-electron chi connectivity index (χ3n) is 3.90. The van der Waals surface area contributed by atoms with Crippen molar-refractivity contribution in [3.8, 4) is 0 Å². The number of imide groups is 1. The Balaban J connectivity index is 1.75. The van der Waals surface area contributed by atoms with Crippen molar-refractivity contribution in [2.24, 2.45) is 0 Å². The molecule has 0 fully saturated rings. The Morgan fingerprint density at radius 3 is 2.75 bits per heavy atom. The second-order valence-electron chi connectivity index (χ2n) is 5.87. The van der Waals surface area contributed by atoms with Gasteiger partial charge in [-0.3, -0.25) is 14.8 Å². The van der Waals surface area contributed by atoms with E-state index in [1.54, 1.807) is 10.7 Å². The van der Waals surface area contributed by atoms with Gasteiger partial charge in [0.15, 0.2) is 6.61 Å². The van der Waals surface area contributed by atoms with Crippen molar-refractivity contribution >= 4 is 51.1 Å². The Morgan fingerprint density at radius 2 is 2.04 bits per heavy atom. The van der Waals surface area contributed by atoms with Gasteiger partial charge in [-0.1, -0.05) is 29.8 Å². The molecule has 0 aliphatic heterocycles. The molecule has 3 rings (SSSR count). The van der Waals surface area contributed by atoms with Crippen LogP contribution in [-0.4, -0.2) is 41.3 Å². The second kappa shape index (κ2) is 8.41. The molecule has 0 aliphatic rings. The number of amides is 3. The maximum atomic E-state index is 12.3. The SMILES string of the molecule is CNC(=O)NC(=O)COC(=O)c1cc2c(C)nn(Cc3ccccc3Cl)c2s1. The zero-order chi connectivity index (χ0) is 20.3. The molecule has 0 bridgehead atoms. The Bertz CT molecular complexity index is 1060. The highest BCUT2D eigenvalue weighted by Gasteiger charge is 2.19. The molecule has 1 aromatic carbocycles. The summed E-state index contributed by atoms with van der Waals surface area (Å²) in [5, 5.41) is 10.2. The van der Waals surface area contributed by atoms with Gasteiger partial charge in [0.05, 0.1) is 12.2 Å². The number of aryl methyl sites for hydroxylation is 1. The molecule has 0 spiro atoms. The number of nitrogens with one attached hydrogen (secondary N) is 2. The number of benzene rings is 1. The molecule has 0 unspecified atom stereocenters. The summed E-state index contributed by atoms with van der Waals surface area (Å²) in [6, 6.07) is 8.50. The summed E-state index contributed by atoms with van der Waals surface area (Å²) in [4.78, 5) is 36.0. The Hall–Kier alpha value is -2.91. The topological polar surface area (TPSA) is 102 Å². The molecule has 3 aromatic rings. The van der Waals surface area contributed by atoms with Crippen LogP contribution in [0.3, 0.4) is 0 Å². The first-order valence-electron chi connectivity index (χ1n) is 8.28. The zero-order valence-corrected chi connectivity index (χ0v) is 16.7. The largest absolute Gasteiger partial charge is 0.451 e. The van der Waals surface area contributed by atoms with Crippen LogP contribution in [0.5, 0.6) is 0 Å². The van der Waals surface area contributed by atoms with Crippen LogP contribution in [0.2, 0.25) is 5.02 Å². The van der Waals surface area contributed by atoms with E-state index in [1.165, 1.54) is 18.4 Å². The number of hydrogen-bond acceptors (Lipinski definition) is 6. The van der Waals surface area contributed by atoms with Crippen molar-refractivity contribution < 1.29 is 19.1 Å². The van der Waals surface area contributed by atoms with E-state index in [1.807, 2.05) is 36.5 Å². The first kappa shape index (κ1) is 19.8. The number of nitrogens with zero attached hydrogens (tertiary/aromatic N) is 2. The smallest absolute Gasteiger partial charge is 0.348 e. The number of esters is 1. The van der Waals surface area contributed by atoms with Crippen molar-refractivity contribution in [2.75, 3.05) is 13.7 Å². The van der Waals surface area contributed by atoms with E-state index in [2.05, 4.69) is 10.4 Å². The lowest BCUT2D eigenvalue weighted by Crippen LogP contribution is -2.39. The van der Waals surface area contributed by atoms with Crippen molar-refractivity contribution in [2.45, 2.75) is 13.5 Å². The number of halogens is 1. The molecule has 146 valence electrons. The van der Waals surface area contributed by atoms with Crippen LogP contribution >= 0.6 is 22.9 Å². The van der Waals surface area contributed by atoms with Gasteiger partial charge in [0.1, 0.15) is 9.71 Å².